The highest BCUT2D eigenvalue weighted by molar-refractivity contribution is 7.86. The highest BCUT2D eigenvalue weighted by atomic mass is 32.2. The molecule has 0 aliphatic carbocycles. The van der Waals surface area contributed by atoms with Crippen LogP contribution < -0.4 is 22.1 Å². The number of carbonyl (C=O) groups is 1. The number of hydrogen-bond acceptors (Lipinski definition) is 11. The van der Waals surface area contributed by atoms with Crippen molar-refractivity contribution in [3.63, 3.8) is 0 Å². The second-order valence-corrected chi connectivity index (χ2v) is 10.1. The lowest BCUT2D eigenvalue weighted by molar-refractivity contribution is 0.0503. The molecule has 0 amide bonds. The Hall–Kier alpha value is -3.60. The van der Waals surface area contributed by atoms with Gasteiger partial charge in [0.05, 0.1) is 15.5 Å². The van der Waals surface area contributed by atoms with Crippen molar-refractivity contribution in [2.24, 2.45) is 11.7 Å². The Labute approximate surface area is 200 Å². The monoisotopic (exact) mass is 523 g/mol. The molecule has 0 spiro atoms. The van der Waals surface area contributed by atoms with E-state index in [0.29, 0.717) is 22.5 Å². The van der Waals surface area contributed by atoms with E-state index in [4.69, 9.17) is 20.8 Å². The minimum absolute atomic E-state index is 0.0114. The maximum Gasteiger partial charge on any atom is 0.360 e. The summed E-state index contributed by atoms with van der Waals surface area (Å²) < 4.78 is 63.5. The van der Waals surface area contributed by atoms with E-state index in [-0.39, 0.29) is 27.0 Å². The van der Waals surface area contributed by atoms with E-state index in [9.17, 15) is 21.6 Å². The standard InChI is InChI=1S/C20H21N5O8S2/c1-11-12(2)19(25(21)14-5-9-16(10-6-14)35(30,31)32)24-18(17(11)20(26)33-22)23-13-3-7-15(8-4-13)34(27,28)29/h3-10H,21-22H2,1-2H3,(H,23,24)(H,27,28,29)(H,30,31,32). The van der Waals surface area contributed by atoms with Gasteiger partial charge >= 0.3 is 5.97 Å². The van der Waals surface area contributed by atoms with Gasteiger partial charge in [-0.05, 0) is 73.5 Å². The summed E-state index contributed by atoms with van der Waals surface area (Å²) in [5, 5.41) is 4.01. The van der Waals surface area contributed by atoms with E-state index >= 15 is 0 Å². The van der Waals surface area contributed by atoms with Crippen LogP contribution in [0.5, 0.6) is 0 Å². The van der Waals surface area contributed by atoms with Crippen molar-refractivity contribution in [2.45, 2.75) is 23.6 Å². The lowest BCUT2D eigenvalue weighted by atomic mass is 10.0. The van der Waals surface area contributed by atoms with Crippen molar-refractivity contribution in [1.29, 1.82) is 0 Å². The molecule has 0 aliphatic rings. The van der Waals surface area contributed by atoms with Crippen molar-refractivity contribution in [3.8, 4) is 0 Å². The van der Waals surface area contributed by atoms with Crippen LogP contribution >= 0.6 is 0 Å². The van der Waals surface area contributed by atoms with Gasteiger partial charge in [0.2, 0.25) is 0 Å². The zero-order valence-electron chi connectivity index (χ0n) is 18.3. The molecule has 3 rings (SSSR count). The fourth-order valence-electron chi connectivity index (χ4n) is 3.16. The first-order valence-electron chi connectivity index (χ1n) is 9.63. The SMILES string of the molecule is Cc1c(N(N)c2ccc(S(=O)(=O)O)cc2)nc(Nc2ccc(S(=O)(=O)O)cc2)c(C(=O)ON)c1C. The van der Waals surface area contributed by atoms with E-state index < -0.39 is 26.2 Å². The molecule has 0 unspecified atom stereocenters. The molecule has 3 aromatic rings. The molecular formula is C20H21N5O8S2. The number of pyridine rings is 1. The Bertz CT molecular complexity index is 1490. The molecule has 0 saturated heterocycles. The van der Waals surface area contributed by atoms with Gasteiger partial charge in [0.15, 0.2) is 5.82 Å². The Morgan fingerprint density at radius 1 is 0.914 bits per heavy atom. The van der Waals surface area contributed by atoms with Gasteiger partial charge in [-0.25, -0.2) is 15.6 Å². The van der Waals surface area contributed by atoms with E-state index in [0.717, 1.165) is 29.3 Å². The first-order chi connectivity index (χ1) is 16.2. The Morgan fingerprint density at radius 3 is 1.86 bits per heavy atom. The maximum absolute atomic E-state index is 12.4. The van der Waals surface area contributed by atoms with Crippen LogP contribution in [0.15, 0.2) is 58.3 Å². The van der Waals surface area contributed by atoms with Crippen LogP contribution in [-0.2, 0) is 25.1 Å². The molecule has 1 heterocycles. The molecule has 0 fully saturated rings. The number of benzene rings is 2. The van der Waals surface area contributed by atoms with Crippen LogP contribution in [0.2, 0.25) is 0 Å². The average Bonchev–Trinajstić information content (AvgIpc) is 2.80. The highest BCUT2D eigenvalue weighted by Crippen LogP contribution is 2.33. The third-order valence-corrected chi connectivity index (χ3v) is 6.83. The molecule has 7 N–H and O–H groups in total. The van der Waals surface area contributed by atoms with Crippen molar-refractivity contribution in [1.82, 2.24) is 4.98 Å². The number of hydrogen-bond donors (Lipinski definition) is 5. The normalized spacial score (nSPS) is 11.7. The number of carbonyl (C=O) groups excluding carboxylic acids is 1. The van der Waals surface area contributed by atoms with E-state index in [1.165, 1.54) is 24.3 Å². The van der Waals surface area contributed by atoms with Crippen molar-refractivity contribution in [3.05, 3.63) is 65.2 Å². The molecule has 13 nitrogen and oxygen atoms in total. The summed E-state index contributed by atoms with van der Waals surface area (Å²) in [5.74, 6) is 10.6. The number of hydrazine groups is 1. The van der Waals surface area contributed by atoms with Crippen molar-refractivity contribution >= 4 is 49.2 Å². The third kappa shape index (κ3) is 5.56. The Balaban J connectivity index is 2.09. The van der Waals surface area contributed by atoms with Crippen LogP contribution in [0, 0.1) is 13.8 Å². The van der Waals surface area contributed by atoms with Gasteiger partial charge in [-0.2, -0.15) is 22.7 Å². The topological polar surface area (TPSA) is 215 Å². The van der Waals surface area contributed by atoms with Crippen LogP contribution in [-0.4, -0.2) is 36.9 Å². The molecule has 0 aliphatic heterocycles. The van der Waals surface area contributed by atoms with Crippen LogP contribution in [0.25, 0.3) is 0 Å². The quantitative estimate of drug-likeness (QED) is 0.170. The van der Waals surface area contributed by atoms with Gasteiger partial charge in [-0.15, -0.1) is 0 Å². The Morgan fingerprint density at radius 2 is 1.40 bits per heavy atom. The number of aromatic nitrogens is 1. The predicted octanol–water partition coefficient (Wildman–Crippen LogP) is 1.98. The second kappa shape index (κ2) is 9.57. The first-order valence-corrected chi connectivity index (χ1v) is 12.5. The average molecular weight is 524 g/mol. The molecule has 1 aromatic heterocycles. The summed E-state index contributed by atoms with van der Waals surface area (Å²) in [6, 6.07) is 9.98. The number of anilines is 4. The summed E-state index contributed by atoms with van der Waals surface area (Å²) in [7, 11) is -8.80. The molecule has 0 atom stereocenters. The number of rotatable bonds is 7. The molecule has 35 heavy (non-hydrogen) atoms. The minimum atomic E-state index is -4.40. The predicted molar refractivity (Wildman–Crippen MR) is 125 cm³/mol. The molecule has 15 heteroatoms. The summed E-state index contributed by atoms with van der Waals surface area (Å²) in [6.07, 6.45) is 0. The van der Waals surface area contributed by atoms with E-state index in [2.05, 4.69) is 15.1 Å². The van der Waals surface area contributed by atoms with Gasteiger partial charge in [-0.1, -0.05) is 0 Å². The van der Waals surface area contributed by atoms with Gasteiger partial charge in [0.25, 0.3) is 20.2 Å². The fourth-order valence-corrected chi connectivity index (χ4v) is 4.12. The lowest BCUT2D eigenvalue weighted by Crippen LogP contribution is -2.28. The van der Waals surface area contributed by atoms with Crippen LogP contribution in [0.3, 0.4) is 0 Å². The highest BCUT2D eigenvalue weighted by Gasteiger charge is 2.24. The second-order valence-electron chi connectivity index (χ2n) is 7.28. The smallest absolute Gasteiger partial charge is 0.360 e. The van der Waals surface area contributed by atoms with Crippen LogP contribution in [0.1, 0.15) is 21.5 Å². The third-order valence-electron chi connectivity index (χ3n) is 5.09. The molecule has 0 saturated carbocycles. The lowest BCUT2D eigenvalue weighted by Gasteiger charge is -2.23. The fraction of sp³-hybridized carbons (Fsp3) is 0.100. The molecule has 2 aromatic carbocycles. The number of nitrogens with one attached hydrogen (secondary N) is 1. The van der Waals surface area contributed by atoms with Crippen LogP contribution in [0.4, 0.5) is 23.0 Å². The summed E-state index contributed by atoms with van der Waals surface area (Å²) in [4.78, 5) is 20.5. The van der Waals surface area contributed by atoms with Crippen molar-refractivity contribution in [2.75, 3.05) is 10.3 Å². The zero-order chi connectivity index (χ0) is 26.1. The zero-order valence-corrected chi connectivity index (χ0v) is 20.0. The maximum atomic E-state index is 12.4. The van der Waals surface area contributed by atoms with E-state index in [1.54, 1.807) is 13.8 Å². The minimum Gasteiger partial charge on any atom is -0.370 e. The summed E-state index contributed by atoms with van der Waals surface area (Å²) in [6.45, 7) is 3.25. The number of nitrogens with zero attached hydrogens (tertiary/aromatic N) is 2. The van der Waals surface area contributed by atoms with Gasteiger partial charge in [0.1, 0.15) is 11.4 Å². The summed E-state index contributed by atoms with van der Waals surface area (Å²) in [5.41, 5.74) is 1.49. The van der Waals surface area contributed by atoms with Gasteiger partial charge in [-0.3, -0.25) is 14.1 Å². The molecule has 186 valence electrons. The summed E-state index contributed by atoms with van der Waals surface area (Å²) >= 11 is 0. The molecule has 0 radical (unpaired) electrons. The molecule has 0 bridgehead atoms. The first kappa shape index (κ1) is 26.0. The largest absolute Gasteiger partial charge is 0.370 e. The van der Waals surface area contributed by atoms with Gasteiger partial charge < -0.3 is 10.2 Å². The Kier molecular flexibility index (Phi) is 7.11. The molecular weight excluding hydrogens is 502 g/mol. The number of nitrogens with two attached hydrogens (primary N) is 2. The van der Waals surface area contributed by atoms with Crippen molar-refractivity contribution < 1.29 is 35.6 Å². The van der Waals surface area contributed by atoms with E-state index in [1.807, 2.05) is 0 Å². The van der Waals surface area contributed by atoms with Gasteiger partial charge in [0, 0.05) is 5.69 Å².